The predicted octanol–water partition coefficient (Wildman–Crippen LogP) is 1.92. The predicted molar refractivity (Wildman–Crippen MR) is 74.4 cm³/mol. The molecule has 0 aromatic carbocycles. The third-order valence-corrected chi connectivity index (χ3v) is 4.65. The van der Waals surface area contributed by atoms with E-state index in [1.807, 2.05) is 0 Å². The zero-order valence-electron chi connectivity index (χ0n) is 12.0. The van der Waals surface area contributed by atoms with E-state index in [4.69, 9.17) is 0 Å². The van der Waals surface area contributed by atoms with E-state index < -0.39 is 5.41 Å². The second-order valence-corrected chi connectivity index (χ2v) is 6.24. The van der Waals surface area contributed by atoms with Crippen molar-refractivity contribution in [3.63, 3.8) is 0 Å². The number of nitrogens with zero attached hydrogens (tertiary/aromatic N) is 2. The molecule has 1 aliphatic carbocycles. The molecule has 1 saturated heterocycles. The van der Waals surface area contributed by atoms with Gasteiger partial charge in [-0.25, -0.2) is 0 Å². The molecule has 1 amide bonds. The second kappa shape index (κ2) is 6.38. The van der Waals surface area contributed by atoms with Crippen LogP contribution in [0.4, 0.5) is 0 Å². The van der Waals surface area contributed by atoms with Crippen molar-refractivity contribution in [2.75, 3.05) is 26.7 Å². The van der Waals surface area contributed by atoms with Gasteiger partial charge < -0.3 is 10.2 Å². The average molecular weight is 263 g/mol. The Morgan fingerprint density at radius 3 is 2.58 bits per heavy atom. The molecule has 0 aromatic rings. The van der Waals surface area contributed by atoms with E-state index >= 15 is 0 Å². The van der Waals surface area contributed by atoms with Gasteiger partial charge in [0.05, 0.1) is 6.07 Å². The lowest BCUT2D eigenvalue weighted by Gasteiger charge is -2.24. The van der Waals surface area contributed by atoms with Crippen molar-refractivity contribution in [2.24, 2.45) is 11.3 Å². The van der Waals surface area contributed by atoms with Gasteiger partial charge in [-0.3, -0.25) is 4.79 Å². The quantitative estimate of drug-likeness (QED) is 0.791. The molecule has 0 bridgehead atoms. The van der Waals surface area contributed by atoms with Crippen LogP contribution in [0.15, 0.2) is 0 Å². The fraction of sp³-hybridized carbons (Fsp3) is 0.867. The highest BCUT2D eigenvalue weighted by Crippen LogP contribution is 2.34. The number of likely N-dealkylation sites (tertiary alicyclic amines) is 1. The molecule has 1 saturated carbocycles. The van der Waals surface area contributed by atoms with E-state index in [-0.39, 0.29) is 5.91 Å². The molecular weight excluding hydrogens is 238 g/mol. The van der Waals surface area contributed by atoms with Crippen molar-refractivity contribution in [3.8, 4) is 6.07 Å². The summed E-state index contributed by atoms with van der Waals surface area (Å²) in [7, 11) is 2.11. The van der Waals surface area contributed by atoms with Crippen molar-refractivity contribution in [3.05, 3.63) is 0 Å². The summed E-state index contributed by atoms with van der Waals surface area (Å²) in [5.74, 6) is 0.530. The van der Waals surface area contributed by atoms with E-state index in [0.29, 0.717) is 5.92 Å². The normalized spacial score (nSPS) is 27.5. The highest BCUT2D eigenvalue weighted by atomic mass is 16.2. The van der Waals surface area contributed by atoms with Crippen LogP contribution in [0.25, 0.3) is 0 Å². The maximum Gasteiger partial charge on any atom is 0.240 e. The van der Waals surface area contributed by atoms with Gasteiger partial charge in [-0.1, -0.05) is 25.7 Å². The number of amides is 1. The average Bonchev–Trinajstić information content (AvgIpc) is 2.69. The van der Waals surface area contributed by atoms with Crippen LogP contribution >= 0.6 is 0 Å². The van der Waals surface area contributed by atoms with Crippen LogP contribution in [0.2, 0.25) is 0 Å². The smallest absolute Gasteiger partial charge is 0.240 e. The third-order valence-electron chi connectivity index (χ3n) is 4.65. The number of nitrogens with one attached hydrogen (secondary N) is 1. The number of nitriles is 1. The van der Waals surface area contributed by atoms with Gasteiger partial charge in [-0.05, 0) is 38.8 Å². The molecule has 19 heavy (non-hydrogen) atoms. The molecule has 106 valence electrons. The lowest BCUT2D eigenvalue weighted by molar-refractivity contribution is -0.129. The molecule has 1 heterocycles. The third kappa shape index (κ3) is 3.48. The van der Waals surface area contributed by atoms with Gasteiger partial charge >= 0.3 is 0 Å². The molecule has 1 unspecified atom stereocenters. The summed E-state index contributed by atoms with van der Waals surface area (Å²) in [6.45, 7) is 2.90. The van der Waals surface area contributed by atoms with Gasteiger partial charge in [-0.2, -0.15) is 5.26 Å². The maximum atomic E-state index is 12.4. The van der Waals surface area contributed by atoms with Gasteiger partial charge in [0.25, 0.3) is 0 Å². The Morgan fingerprint density at radius 1 is 1.37 bits per heavy atom. The van der Waals surface area contributed by atoms with Gasteiger partial charge in [0.15, 0.2) is 0 Å². The van der Waals surface area contributed by atoms with Crippen LogP contribution in [0.1, 0.15) is 44.9 Å². The molecule has 0 radical (unpaired) electrons. The van der Waals surface area contributed by atoms with Crippen LogP contribution in [0.3, 0.4) is 0 Å². The van der Waals surface area contributed by atoms with Gasteiger partial charge in [0.2, 0.25) is 5.91 Å². The summed E-state index contributed by atoms with van der Waals surface area (Å²) in [6, 6.07) is 2.32. The van der Waals surface area contributed by atoms with Gasteiger partial charge in [0.1, 0.15) is 5.41 Å². The monoisotopic (exact) mass is 263 g/mol. The lowest BCUT2D eigenvalue weighted by Crippen LogP contribution is -2.42. The maximum absolute atomic E-state index is 12.4. The number of carbonyl (C=O) groups excluding carboxylic acids is 1. The summed E-state index contributed by atoms with van der Waals surface area (Å²) >= 11 is 0. The number of hydrogen-bond donors (Lipinski definition) is 1. The molecule has 1 aliphatic heterocycles. The summed E-state index contributed by atoms with van der Waals surface area (Å²) < 4.78 is 0. The van der Waals surface area contributed by atoms with E-state index in [1.54, 1.807) is 0 Å². The summed E-state index contributed by atoms with van der Waals surface area (Å²) in [5, 5.41) is 12.5. The Labute approximate surface area is 116 Å². The molecule has 2 aliphatic rings. The Hall–Kier alpha value is -1.08. The first-order valence-electron chi connectivity index (χ1n) is 7.54. The first-order chi connectivity index (χ1) is 9.16. The topological polar surface area (TPSA) is 56.1 Å². The molecule has 1 N–H and O–H groups in total. The standard InChI is InChI=1S/C15H25N3O/c1-18-9-6-13(11-18)10-17-14(19)15(12-16)7-4-2-3-5-8-15/h13H,2-11H2,1H3,(H,17,19). The highest BCUT2D eigenvalue weighted by molar-refractivity contribution is 5.85. The lowest BCUT2D eigenvalue weighted by atomic mass is 9.81. The van der Waals surface area contributed by atoms with Crippen LogP contribution in [0.5, 0.6) is 0 Å². The SMILES string of the molecule is CN1CCC(CNC(=O)C2(C#N)CCCCCC2)C1. The minimum absolute atomic E-state index is 0.0218. The molecule has 4 heteroatoms. The first kappa shape index (κ1) is 14.3. The van der Waals surface area contributed by atoms with Crippen LogP contribution in [-0.4, -0.2) is 37.5 Å². The van der Waals surface area contributed by atoms with Gasteiger partial charge in [0, 0.05) is 13.1 Å². The zero-order chi connectivity index (χ0) is 13.7. The molecule has 0 spiro atoms. The fourth-order valence-corrected chi connectivity index (χ4v) is 3.32. The number of rotatable bonds is 3. The van der Waals surface area contributed by atoms with Crippen molar-refractivity contribution in [1.29, 1.82) is 5.26 Å². The summed E-state index contributed by atoms with van der Waals surface area (Å²) in [4.78, 5) is 14.7. The Balaban J connectivity index is 1.88. The Bertz CT molecular complexity index is 353. The molecule has 2 fully saturated rings. The first-order valence-corrected chi connectivity index (χ1v) is 7.54. The van der Waals surface area contributed by atoms with Crippen molar-refractivity contribution < 1.29 is 4.79 Å². The Kier molecular flexibility index (Phi) is 4.81. The van der Waals surface area contributed by atoms with E-state index in [0.717, 1.165) is 64.6 Å². The van der Waals surface area contributed by atoms with Crippen molar-refractivity contribution >= 4 is 5.91 Å². The summed E-state index contributed by atoms with van der Waals surface area (Å²) in [6.07, 6.45) is 6.95. The second-order valence-electron chi connectivity index (χ2n) is 6.24. The molecular formula is C15H25N3O. The molecule has 4 nitrogen and oxygen atoms in total. The number of hydrogen-bond acceptors (Lipinski definition) is 3. The van der Waals surface area contributed by atoms with E-state index in [9.17, 15) is 10.1 Å². The number of carbonyl (C=O) groups is 1. The molecule has 2 rings (SSSR count). The van der Waals surface area contributed by atoms with Crippen LogP contribution < -0.4 is 5.32 Å². The van der Waals surface area contributed by atoms with Gasteiger partial charge in [-0.15, -0.1) is 0 Å². The highest BCUT2D eigenvalue weighted by Gasteiger charge is 2.39. The van der Waals surface area contributed by atoms with Crippen LogP contribution in [-0.2, 0) is 4.79 Å². The van der Waals surface area contributed by atoms with E-state index in [1.165, 1.54) is 0 Å². The minimum Gasteiger partial charge on any atom is -0.354 e. The minimum atomic E-state index is -0.749. The zero-order valence-corrected chi connectivity index (χ0v) is 12.0. The molecule has 1 atom stereocenters. The van der Waals surface area contributed by atoms with Crippen molar-refractivity contribution in [2.45, 2.75) is 44.9 Å². The summed E-state index contributed by atoms with van der Waals surface area (Å²) in [5.41, 5.74) is -0.749. The molecule has 0 aromatic heterocycles. The Morgan fingerprint density at radius 2 is 2.05 bits per heavy atom. The van der Waals surface area contributed by atoms with Crippen molar-refractivity contribution in [1.82, 2.24) is 10.2 Å². The largest absolute Gasteiger partial charge is 0.354 e. The van der Waals surface area contributed by atoms with E-state index in [2.05, 4.69) is 23.3 Å². The van der Waals surface area contributed by atoms with Crippen LogP contribution in [0, 0.1) is 22.7 Å². The fourth-order valence-electron chi connectivity index (χ4n) is 3.32.